The highest BCUT2D eigenvalue weighted by molar-refractivity contribution is 7.92. The summed E-state index contributed by atoms with van der Waals surface area (Å²) in [5, 5.41) is 13.9. The Bertz CT molecular complexity index is 976. The molecule has 0 bridgehead atoms. The topological polar surface area (TPSA) is 110 Å². The lowest BCUT2D eigenvalue weighted by Crippen LogP contribution is -2.48. The Morgan fingerprint density at radius 1 is 1.14 bits per heavy atom. The van der Waals surface area contributed by atoms with Gasteiger partial charge in [0.2, 0.25) is 15.9 Å². The second-order valence-corrected chi connectivity index (χ2v) is 8.46. The van der Waals surface area contributed by atoms with Gasteiger partial charge in [-0.3, -0.25) is 19.2 Å². The zero-order chi connectivity index (χ0) is 21.1. The van der Waals surface area contributed by atoms with Gasteiger partial charge in [-0.2, -0.15) is 0 Å². The Morgan fingerprint density at radius 3 is 2.29 bits per heavy atom. The molecule has 2 aromatic rings. The van der Waals surface area contributed by atoms with Crippen LogP contribution in [0.4, 0.5) is 11.4 Å². The van der Waals surface area contributed by atoms with Gasteiger partial charge < -0.3 is 5.32 Å². The number of aryl methyl sites for hydroxylation is 1. The lowest BCUT2D eigenvalue weighted by molar-refractivity contribution is -0.384. The molecule has 2 atom stereocenters. The normalized spacial score (nSPS) is 13.4. The van der Waals surface area contributed by atoms with Crippen molar-refractivity contribution in [2.24, 2.45) is 0 Å². The number of hydrogen-bond acceptors (Lipinski definition) is 5. The van der Waals surface area contributed by atoms with Gasteiger partial charge in [-0.1, -0.05) is 36.4 Å². The summed E-state index contributed by atoms with van der Waals surface area (Å²) >= 11 is 0. The number of rotatable bonds is 7. The Kier molecular flexibility index (Phi) is 6.40. The van der Waals surface area contributed by atoms with Crippen LogP contribution in [0.2, 0.25) is 0 Å². The number of nitrogens with zero attached hydrogens (tertiary/aromatic N) is 2. The number of non-ortho nitro benzene ring substituents is 1. The average Bonchev–Trinajstić information content (AvgIpc) is 2.62. The van der Waals surface area contributed by atoms with E-state index in [-0.39, 0.29) is 17.4 Å². The number of anilines is 1. The molecule has 0 aromatic heterocycles. The van der Waals surface area contributed by atoms with Crippen LogP contribution in [0.25, 0.3) is 0 Å². The van der Waals surface area contributed by atoms with Gasteiger partial charge in [-0.15, -0.1) is 0 Å². The summed E-state index contributed by atoms with van der Waals surface area (Å²) in [4.78, 5) is 23.3. The van der Waals surface area contributed by atoms with Crippen molar-refractivity contribution < 1.29 is 18.1 Å². The summed E-state index contributed by atoms with van der Waals surface area (Å²) in [6, 6.07) is 11.8. The van der Waals surface area contributed by atoms with Gasteiger partial charge in [0, 0.05) is 12.1 Å². The maximum Gasteiger partial charge on any atom is 0.271 e. The number of amides is 1. The van der Waals surface area contributed by atoms with Gasteiger partial charge in [-0.25, -0.2) is 8.42 Å². The van der Waals surface area contributed by atoms with E-state index >= 15 is 0 Å². The molecule has 2 aromatic carbocycles. The van der Waals surface area contributed by atoms with Gasteiger partial charge in [0.15, 0.2) is 0 Å². The number of carbonyl (C=O) groups excluding carboxylic acids is 1. The van der Waals surface area contributed by atoms with E-state index in [4.69, 9.17) is 0 Å². The van der Waals surface area contributed by atoms with Crippen molar-refractivity contribution in [2.75, 3.05) is 10.6 Å². The largest absolute Gasteiger partial charge is 0.348 e. The number of sulfonamides is 1. The summed E-state index contributed by atoms with van der Waals surface area (Å²) < 4.78 is 25.8. The summed E-state index contributed by atoms with van der Waals surface area (Å²) in [5.74, 6) is -0.507. The third kappa shape index (κ3) is 4.86. The first-order valence-electron chi connectivity index (χ1n) is 8.62. The minimum absolute atomic E-state index is 0.103. The van der Waals surface area contributed by atoms with Crippen LogP contribution in [0.3, 0.4) is 0 Å². The van der Waals surface area contributed by atoms with Crippen LogP contribution in [0.5, 0.6) is 0 Å². The van der Waals surface area contributed by atoms with E-state index in [0.29, 0.717) is 5.56 Å². The van der Waals surface area contributed by atoms with Crippen molar-refractivity contribution in [3.05, 3.63) is 69.8 Å². The van der Waals surface area contributed by atoms with Gasteiger partial charge in [0.05, 0.1) is 22.9 Å². The van der Waals surface area contributed by atoms with Crippen molar-refractivity contribution in [3.63, 3.8) is 0 Å². The van der Waals surface area contributed by atoms with Crippen molar-refractivity contribution in [3.8, 4) is 0 Å². The molecule has 28 heavy (non-hydrogen) atoms. The van der Waals surface area contributed by atoms with Gasteiger partial charge >= 0.3 is 0 Å². The molecule has 0 radical (unpaired) electrons. The molecule has 0 saturated heterocycles. The van der Waals surface area contributed by atoms with Gasteiger partial charge in [-0.05, 0) is 31.9 Å². The first-order valence-corrected chi connectivity index (χ1v) is 10.5. The molecule has 8 nitrogen and oxygen atoms in total. The van der Waals surface area contributed by atoms with E-state index in [1.807, 2.05) is 30.3 Å². The molecule has 0 fully saturated rings. The van der Waals surface area contributed by atoms with Crippen LogP contribution < -0.4 is 9.62 Å². The lowest BCUT2D eigenvalue weighted by atomic mass is 10.1. The minimum Gasteiger partial charge on any atom is -0.348 e. The fraction of sp³-hybridized carbons (Fsp3) is 0.316. The summed E-state index contributed by atoms with van der Waals surface area (Å²) in [5.41, 5.74) is 1.23. The molecule has 0 unspecified atom stereocenters. The highest BCUT2D eigenvalue weighted by atomic mass is 32.2. The SMILES string of the molecule is Cc1ccc([N+](=O)[O-])cc1N([C@@H](C)C(=O)N[C@H](C)c1ccccc1)S(C)(=O)=O. The van der Waals surface area contributed by atoms with E-state index in [9.17, 15) is 23.3 Å². The fourth-order valence-corrected chi connectivity index (χ4v) is 4.11. The van der Waals surface area contributed by atoms with Crippen molar-refractivity contribution in [2.45, 2.75) is 32.9 Å². The number of hydrogen-bond donors (Lipinski definition) is 1. The monoisotopic (exact) mass is 405 g/mol. The molecule has 2 rings (SSSR count). The fourth-order valence-electron chi connectivity index (χ4n) is 2.89. The molecule has 1 N–H and O–H groups in total. The average molecular weight is 405 g/mol. The molecule has 150 valence electrons. The van der Waals surface area contributed by atoms with E-state index in [0.717, 1.165) is 16.1 Å². The second-order valence-electron chi connectivity index (χ2n) is 6.60. The smallest absolute Gasteiger partial charge is 0.271 e. The standard InChI is InChI=1S/C19H23N3O5S/c1-13-10-11-17(22(24)25)12-18(13)21(28(4,26)27)15(3)19(23)20-14(2)16-8-6-5-7-9-16/h5-12,14-15H,1-4H3,(H,20,23)/t14-,15+/m1/s1. The molecule has 0 aliphatic rings. The van der Waals surface area contributed by atoms with E-state index in [2.05, 4.69) is 5.32 Å². The van der Waals surface area contributed by atoms with Gasteiger partial charge in [0.25, 0.3) is 5.69 Å². The Balaban J connectivity index is 2.37. The Labute approximate surface area is 164 Å². The Morgan fingerprint density at radius 2 is 1.75 bits per heavy atom. The number of nitrogens with one attached hydrogen (secondary N) is 1. The van der Waals surface area contributed by atoms with Crippen LogP contribution >= 0.6 is 0 Å². The van der Waals surface area contributed by atoms with Crippen LogP contribution in [0.15, 0.2) is 48.5 Å². The van der Waals surface area contributed by atoms with Gasteiger partial charge in [0.1, 0.15) is 6.04 Å². The van der Waals surface area contributed by atoms with Crippen LogP contribution in [-0.2, 0) is 14.8 Å². The third-order valence-corrected chi connectivity index (χ3v) is 5.62. The van der Waals surface area contributed by atoms with Crippen LogP contribution in [-0.4, -0.2) is 31.5 Å². The summed E-state index contributed by atoms with van der Waals surface area (Å²) in [6.07, 6.45) is 0.968. The van der Waals surface area contributed by atoms with Crippen molar-refractivity contribution in [1.29, 1.82) is 0 Å². The van der Waals surface area contributed by atoms with E-state index in [1.165, 1.54) is 25.1 Å². The van der Waals surface area contributed by atoms with E-state index < -0.39 is 26.9 Å². The maximum absolute atomic E-state index is 12.8. The quantitative estimate of drug-likeness (QED) is 0.563. The first kappa shape index (κ1) is 21.4. The van der Waals surface area contributed by atoms with Crippen molar-refractivity contribution >= 4 is 27.3 Å². The highest BCUT2D eigenvalue weighted by Gasteiger charge is 2.31. The maximum atomic E-state index is 12.8. The number of nitro groups is 1. The number of nitro benzene ring substituents is 1. The lowest BCUT2D eigenvalue weighted by Gasteiger charge is -2.30. The summed E-state index contributed by atoms with van der Waals surface area (Å²) in [7, 11) is -3.88. The number of carbonyl (C=O) groups is 1. The predicted molar refractivity (Wildman–Crippen MR) is 108 cm³/mol. The molecular weight excluding hydrogens is 382 g/mol. The predicted octanol–water partition coefficient (Wildman–Crippen LogP) is 2.94. The molecule has 9 heteroatoms. The number of benzene rings is 2. The van der Waals surface area contributed by atoms with Crippen molar-refractivity contribution in [1.82, 2.24) is 5.32 Å². The molecule has 0 saturated carbocycles. The Hall–Kier alpha value is -2.94. The molecule has 0 aliphatic heterocycles. The molecular formula is C19H23N3O5S. The zero-order valence-electron chi connectivity index (χ0n) is 16.1. The highest BCUT2D eigenvalue weighted by Crippen LogP contribution is 2.29. The minimum atomic E-state index is -3.88. The molecule has 0 heterocycles. The second kappa shape index (κ2) is 8.39. The molecule has 1 amide bonds. The molecule has 0 aliphatic carbocycles. The first-order chi connectivity index (χ1) is 13.0. The zero-order valence-corrected chi connectivity index (χ0v) is 16.9. The summed E-state index contributed by atoms with van der Waals surface area (Å²) in [6.45, 7) is 4.88. The van der Waals surface area contributed by atoms with Crippen LogP contribution in [0.1, 0.15) is 31.0 Å². The van der Waals surface area contributed by atoms with E-state index in [1.54, 1.807) is 13.8 Å². The van der Waals surface area contributed by atoms with Crippen LogP contribution in [0, 0.1) is 17.0 Å². The third-order valence-electron chi connectivity index (χ3n) is 4.39. The molecule has 0 spiro atoms.